The van der Waals surface area contributed by atoms with E-state index in [1.807, 2.05) is 0 Å². The van der Waals surface area contributed by atoms with Gasteiger partial charge in [-0.1, -0.05) is 32.4 Å². The highest BCUT2D eigenvalue weighted by molar-refractivity contribution is 5.27. The molecule has 0 saturated heterocycles. The number of benzene rings is 1. The standard InChI is InChI=1S/C16H28N2O/c1-4-6-13-19-16-9-7-15(8-10-16)14-18(3)12-11-17-5-2/h7-10,17H,4-6,11-14H2,1-3H3. The van der Waals surface area contributed by atoms with Crippen LogP contribution in [0.2, 0.25) is 0 Å². The van der Waals surface area contributed by atoms with Gasteiger partial charge in [-0.25, -0.2) is 0 Å². The fourth-order valence-electron chi connectivity index (χ4n) is 1.86. The molecule has 0 aromatic heterocycles. The summed E-state index contributed by atoms with van der Waals surface area (Å²) in [5, 5.41) is 3.34. The van der Waals surface area contributed by atoms with Gasteiger partial charge in [-0.2, -0.15) is 0 Å². The SMILES string of the molecule is CCCCOc1ccc(CN(C)CCNCC)cc1. The number of unbranched alkanes of at least 4 members (excludes halogenated alkanes) is 1. The van der Waals surface area contributed by atoms with Gasteiger partial charge in [-0.05, 0) is 37.7 Å². The molecule has 3 nitrogen and oxygen atoms in total. The first-order chi connectivity index (χ1) is 9.26. The fraction of sp³-hybridized carbons (Fsp3) is 0.625. The van der Waals surface area contributed by atoms with E-state index >= 15 is 0 Å². The number of hydrogen-bond acceptors (Lipinski definition) is 3. The highest BCUT2D eigenvalue weighted by Crippen LogP contribution is 2.13. The van der Waals surface area contributed by atoms with Crippen LogP contribution in [0.15, 0.2) is 24.3 Å². The van der Waals surface area contributed by atoms with Crippen LogP contribution in [0.4, 0.5) is 0 Å². The molecule has 0 saturated carbocycles. The summed E-state index contributed by atoms with van der Waals surface area (Å²) in [7, 11) is 2.16. The smallest absolute Gasteiger partial charge is 0.119 e. The van der Waals surface area contributed by atoms with E-state index in [0.717, 1.165) is 45.0 Å². The van der Waals surface area contributed by atoms with Gasteiger partial charge in [0.2, 0.25) is 0 Å². The quantitative estimate of drug-likeness (QED) is 0.658. The third-order valence-corrected chi connectivity index (χ3v) is 3.06. The van der Waals surface area contributed by atoms with Crippen molar-refractivity contribution in [3.63, 3.8) is 0 Å². The van der Waals surface area contributed by atoms with Crippen LogP contribution < -0.4 is 10.1 Å². The molecule has 1 rings (SSSR count). The Morgan fingerprint density at radius 1 is 1.16 bits per heavy atom. The number of hydrogen-bond donors (Lipinski definition) is 1. The minimum atomic E-state index is 0.818. The minimum Gasteiger partial charge on any atom is -0.494 e. The number of rotatable bonds is 10. The van der Waals surface area contributed by atoms with Crippen molar-refractivity contribution >= 4 is 0 Å². The van der Waals surface area contributed by atoms with Crippen LogP contribution >= 0.6 is 0 Å². The van der Waals surface area contributed by atoms with Gasteiger partial charge in [0.15, 0.2) is 0 Å². The Labute approximate surface area is 118 Å². The summed E-state index contributed by atoms with van der Waals surface area (Å²) >= 11 is 0. The van der Waals surface area contributed by atoms with Gasteiger partial charge >= 0.3 is 0 Å². The average molecular weight is 264 g/mol. The van der Waals surface area contributed by atoms with Gasteiger partial charge in [0.05, 0.1) is 6.61 Å². The molecule has 0 unspecified atom stereocenters. The first-order valence-electron chi connectivity index (χ1n) is 7.37. The lowest BCUT2D eigenvalue weighted by Crippen LogP contribution is -2.28. The zero-order valence-electron chi connectivity index (χ0n) is 12.6. The van der Waals surface area contributed by atoms with Gasteiger partial charge in [0.1, 0.15) is 5.75 Å². The molecule has 0 atom stereocenters. The molecule has 1 aromatic rings. The number of nitrogens with one attached hydrogen (secondary N) is 1. The lowest BCUT2D eigenvalue weighted by atomic mass is 10.2. The van der Waals surface area contributed by atoms with Crippen molar-refractivity contribution in [3.8, 4) is 5.75 Å². The molecule has 0 heterocycles. The maximum Gasteiger partial charge on any atom is 0.119 e. The maximum absolute atomic E-state index is 5.66. The van der Waals surface area contributed by atoms with Crippen LogP contribution in [-0.2, 0) is 6.54 Å². The van der Waals surface area contributed by atoms with E-state index in [-0.39, 0.29) is 0 Å². The molecule has 3 heteroatoms. The predicted octanol–water partition coefficient (Wildman–Crippen LogP) is 2.91. The van der Waals surface area contributed by atoms with Crippen molar-refractivity contribution in [2.24, 2.45) is 0 Å². The van der Waals surface area contributed by atoms with Crippen LogP contribution in [0.5, 0.6) is 5.75 Å². The lowest BCUT2D eigenvalue weighted by Gasteiger charge is -2.17. The first-order valence-corrected chi connectivity index (χ1v) is 7.37. The van der Waals surface area contributed by atoms with Gasteiger partial charge in [0.25, 0.3) is 0 Å². The molecule has 0 amide bonds. The molecule has 1 N–H and O–H groups in total. The molecular weight excluding hydrogens is 236 g/mol. The van der Waals surface area contributed by atoms with Crippen LogP contribution in [-0.4, -0.2) is 38.2 Å². The summed E-state index contributed by atoms with van der Waals surface area (Å²) in [4.78, 5) is 2.33. The number of nitrogens with zero attached hydrogens (tertiary/aromatic N) is 1. The molecule has 0 bridgehead atoms. The zero-order valence-corrected chi connectivity index (χ0v) is 12.6. The molecular formula is C16H28N2O. The number of likely N-dealkylation sites (N-methyl/N-ethyl adjacent to an activating group) is 2. The molecule has 1 aromatic carbocycles. The van der Waals surface area contributed by atoms with E-state index in [0.29, 0.717) is 0 Å². The van der Waals surface area contributed by atoms with E-state index < -0.39 is 0 Å². The van der Waals surface area contributed by atoms with Gasteiger partial charge in [0, 0.05) is 19.6 Å². The Kier molecular flexibility index (Phi) is 8.26. The second-order valence-corrected chi connectivity index (χ2v) is 4.94. The molecule has 0 aliphatic rings. The van der Waals surface area contributed by atoms with Gasteiger partial charge < -0.3 is 15.0 Å². The lowest BCUT2D eigenvalue weighted by molar-refractivity contribution is 0.308. The maximum atomic E-state index is 5.66. The van der Waals surface area contributed by atoms with Crippen molar-refractivity contribution in [2.45, 2.75) is 33.2 Å². The summed E-state index contributed by atoms with van der Waals surface area (Å²) in [6.45, 7) is 9.28. The van der Waals surface area contributed by atoms with E-state index in [1.54, 1.807) is 0 Å². The first kappa shape index (κ1) is 16.0. The Morgan fingerprint density at radius 3 is 2.53 bits per heavy atom. The second-order valence-electron chi connectivity index (χ2n) is 4.94. The summed E-state index contributed by atoms with van der Waals surface area (Å²) in [6.07, 6.45) is 2.30. The highest BCUT2D eigenvalue weighted by Gasteiger charge is 2.00. The molecule has 0 aliphatic carbocycles. The molecule has 0 aliphatic heterocycles. The van der Waals surface area contributed by atoms with Crippen molar-refractivity contribution in [2.75, 3.05) is 33.3 Å². The second kappa shape index (κ2) is 9.82. The molecule has 108 valence electrons. The van der Waals surface area contributed by atoms with E-state index in [4.69, 9.17) is 4.74 Å². The summed E-state index contributed by atoms with van der Waals surface area (Å²) in [5.41, 5.74) is 1.34. The molecule has 0 spiro atoms. The third-order valence-electron chi connectivity index (χ3n) is 3.06. The van der Waals surface area contributed by atoms with Crippen LogP contribution in [0.25, 0.3) is 0 Å². The summed E-state index contributed by atoms with van der Waals surface area (Å²) < 4.78 is 5.66. The zero-order chi connectivity index (χ0) is 13.9. The monoisotopic (exact) mass is 264 g/mol. The third kappa shape index (κ3) is 7.19. The largest absolute Gasteiger partial charge is 0.494 e. The number of ether oxygens (including phenoxy) is 1. The van der Waals surface area contributed by atoms with Crippen LogP contribution in [0, 0.1) is 0 Å². The fourth-order valence-corrected chi connectivity index (χ4v) is 1.86. The van der Waals surface area contributed by atoms with Crippen molar-refractivity contribution in [3.05, 3.63) is 29.8 Å². The molecule has 0 radical (unpaired) electrons. The topological polar surface area (TPSA) is 24.5 Å². The van der Waals surface area contributed by atoms with Gasteiger partial charge in [-0.15, -0.1) is 0 Å². The Balaban J connectivity index is 2.30. The summed E-state index contributed by atoms with van der Waals surface area (Å²) in [5.74, 6) is 0.979. The average Bonchev–Trinajstić information content (AvgIpc) is 2.41. The normalized spacial score (nSPS) is 10.9. The van der Waals surface area contributed by atoms with Crippen LogP contribution in [0.3, 0.4) is 0 Å². The van der Waals surface area contributed by atoms with Crippen molar-refractivity contribution < 1.29 is 4.74 Å². The Bertz CT molecular complexity index is 324. The van der Waals surface area contributed by atoms with E-state index in [2.05, 4.69) is 55.4 Å². The predicted molar refractivity (Wildman–Crippen MR) is 81.7 cm³/mol. The minimum absolute atomic E-state index is 0.818. The van der Waals surface area contributed by atoms with Crippen LogP contribution in [0.1, 0.15) is 32.3 Å². The summed E-state index contributed by atoms with van der Waals surface area (Å²) in [6, 6.07) is 8.46. The molecule has 19 heavy (non-hydrogen) atoms. The van der Waals surface area contributed by atoms with Crippen molar-refractivity contribution in [1.82, 2.24) is 10.2 Å². The Hall–Kier alpha value is -1.06. The Morgan fingerprint density at radius 2 is 1.89 bits per heavy atom. The van der Waals surface area contributed by atoms with Gasteiger partial charge in [-0.3, -0.25) is 0 Å². The molecule has 0 fully saturated rings. The van der Waals surface area contributed by atoms with E-state index in [9.17, 15) is 0 Å². The highest BCUT2D eigenvalue weighted by atomic mass is 16.5. The van der Waals surface area contributed by atoms with Crippen molar-refractivity contribution in [1.29, 1.82) is 0 Å². The van der Waals surface area contributed by atoms with E-state index in [1.165, 1.54) is 12.0 Å².